The van der Waals surface area contributed by atoms with Gasteiger partial charge in [0, 0.05) is 44.0 Å². The summed E-state index contributed by atoms with van der Waals surface area (Å²) in [5.41, 5.74) is 9.49. The molecule has 1 aliphatic carbocycles. The summed E-state index contributed by atoms with van der Waals surface area (Å²) in [4.78, 5) is 17.1. The van der Waals surface area contributed by atoms with E-state index in [1.165, 1.54) is 19.4 Å². The maximum absolute atomic E-state index is 12.7. The minimum Gasteiger partial charge on any atom is -0.398 e. The first-order chi connectivity index (χ1) is 10.0. The Hall–Kier alpha value is -1.55. The maximum Gasteiger partial charge on any atom is 0.254 e. The highest BCUT2D eigenvalue weighted by Crippen LogP contribution is 2.30. The van der Waals surface area contributed by atoms with Crippen molar-refractivity contribution in [2.45, 2.75) is 26.7 Å². The summed E-state index contributed by atoms with van der Waals surface area (Å²) < 4.78 is 0. The van der Waals surface area contributed by atoms with Gasteiger partial charge in [0.1, 0.15) is 0 Å². The van der Waals surface area contributed by atoms with E-state index >= 15 is 0 Å². The van der Waals surface area contributed by atoms with Crippen molar-refractivity contribution in [1.82, 2.24) is 9.80 Å². The van der Waals surface area contributed by atoms with E-state index < -0.39 is 0 Å². The van der Waals surface area contributed by atoms with Gasteiger partial charge in [-0.3, -0.25) is 9.69 Å². The number of hydrogen-bond acceptors (Lipinski definition) is 3. The molecule has 1 saturated heterocycles. The summed E-state index contributed by atoms with van der Waals surface area (Å²) >= 11 is 0. The van der Waals surface area contributed by atoms with Crippen molar-refractivity contribution in [2.24, 2.45) is 5.92 Å². The SMILES string of the molecule is Cc1cc(C)c(C(=O)N2CCN(CC3CC3)CC2)cc1N. The molecule has 2 N–H and O–H groups in total. The predicted molar refractivity (Wildman–Crippen MR) is 85.4 cm³/mol. The first-order valence-electron chi connectivity index (χ1n) is 7.93. The van der Waals surface area contributed by atoms with Crippen molar-refractivity contribution < 1.29 is 4.79 Å². The van der Waals surface area contributed by atoms with Gasteiger partial charge in [0.2, 0.25) is 0 Å². The van der Waals surface area contributed by atoms with Gasteiger partial charge in [0.05, 0.1) is 0 Å². The van der Waals surface area contributed by atoms with Gasteiger partial charge in [-0.1, -0.05) is 6.07 Å². The Morgan fingerprint density at radius 1 is 1.14 bits per heavy atom. The highest BCUT2D eigenvalue weighted by Gasteiger charge is 2.28. The van der Waals surface area contributed by atoms with Gasteiger partial charge in [0.15, 0.2) is 0 Å². The fourth-order valence-corrected chi connectivity index (χ4v) is 3.07. The number of carbonyl (C=O) groups is 1. The molecule has 0 radical (unpaired) electrons. The zero-order chi connectivity index (χ0) is 15.0. The lowest BCUT2D eigenvalue weighted by atomic mass is 10.0. The summed E-state index contributed by atoms with van der Waals surface area (Å²) in [5.74, 6) is 1.05. The lowest BCUT2D eigenvalue weighted by Crippen LogP contribution is -2.49. The Bertz CT molecular complexity index is 543. The fraction of sp³-hybridized carbons (Fsp3) is 0.588. The Kier molecular flexibility index (Phi) is 3.89. The molecule has 0 spiro atoms. The average Bonchev–Trinajstić information content (AvgIpc) is 3.27. The summed E-state index contributed by atoms with van der Waals surface area (Å²) in [6.07, 6.45) is 2.78. The van der Waals surface area contributed by atoms with E-state index in [4.69, 9.17) is 5.73 Å². The smallest absolute Gasteiger partial charge is 0.254 e. The third-order valence-corrected chi connectivity index (χ3v) is 4.72. The molecule has 1 amide bonds. The number of amides is 1. The molecule has 2 fully saturated rings. The third kappa shape index (κ3) is 3.21. The van der Waals surface area contributed by atoms with Crippen LogP contribution in [0, 0.1) is 19.8 Å². The molecule has 1 aliphatic heterocycles. The van der Waals surface area contributed by atoms with E-state index in [9.17, 15) is 4.79 Å². The van der Waals surface area contributed by atoms with Crippen LogP contribution in [0.15, 0.2) is 12.1 Å². The van der Waals surface area contributed by atoms with Crippen molar-refractivity contribution in [1.29, 1.82) is 0 Å². The first kappa shape index (κ1) is 14.4. The zero-order valence-electron chi connectivity index (χ0n) is 13.1. The van der Waals surface area contributed by atoms with Crippen LogP contribution >= 0.6 is 0 Å². The Balaban J connectivity index is 1.64. The number of benzene rings is 1. The van der Waals surface area contributed by atoms with E-state index in [2.05, 4.69) is 4.90 Å². The lowest BCUT2D eigenvalue weighted by Gasteiger charge is -2.35. The Morgan fingerprint density at radius 2 is 1.81 bits per heavy atom. The quantitative estimate of drug-likeness (QED) is 0.866. The molecule has 114 valence electrons. The third-order valence-electron chi connectivity index (χ3n) is 4.72. The zero-order valence-corrected chi connectivity index (χ0v) is 13.1. The van der Waals surface area contributed by atoms with Crippen LogP contribution in [-0.2, 0) is 0 Å². The standard InChI is InChI=1S/C17H25N3O/c1-12-9-13(2)16(18)10-15(12)17(21)20-7-5-19(6-8-20)11-14-3-4-14/h9-10,14H,3-8,11,18H2,1-2H3. The Labute approximate surface area is 126 Å². The van der Waals surface area contributed by atoms with E-state index in [1.807, 2.05) is 30.9 Å². The lowest BCUT2D eigenvalue weighted by molar-refractivity contribution is 0.0631. The van der Waals surface area contributed by atoms with E-state index in [-0.39, 0.29) is 5.91 Å². The van der Waals surface area contributed by atoms with Crippen LogP contribution in [0.25, 0.3) is 0 Å². The molecule has 1 aromatic carbocycles. The van der Waals surface area contributed by atoms with Crippen LogP contribution < -0.4 is 5.73 Å². The van der Waals surface area contributed by atoms with Crippen molar-refractivity contribution in [3.63, 3.8) is 0 Å². The number of anilines is 1. The number of hydrogen-bond donors (Lipinski definition) is 1. The van der Waals surface area contributed by atoms with Crippen LogP contribution in [0.2, 0.25) is 0 Å². The van der Waals surface area contributed by atoms with E-state index in [0.29, 0.717) is 5.69 Å². The number of piperazine rings is 1. The predicted octanol–water partition coefficient (Wildman–Crippen LogP) is 2.05. The topological polar surface area (TPSA) is 49.6 Å². The van der Waals surface area contributed by atoms with Gasteiger partial charge in [-0.15, -0.1) is 0 Å². The van der Waals surface area contributed by atoms with Gasteiger partial charge < -0.3 is 10.6 Å². The summed E-state index contributed by atoms with van der Waals surface area (Å²) in [6, 6.07) is 3.84. The molecular formula is C17H25N3O. The number of rotatable bonds is 3. The highest BCUT2D eigenvalue weighted by atomic mass is 16.2. The number of nitrogens with two attached hydrogens (primary N) is 1. The first-order valence-corrected chi connectivity index (χ1v) is 7.93. The molecular weight excluding hydrogens is 262 g/mol. The highest BCUT2D eigenvalue weighted by molar-refractivity contribution is 5.96. The number of nitrogens with zero attached hydrogens (tertiary/aromatic N) is 2. The molecule has 0 unspecified atom stereocenters. The van der Waals surface area contributed by atoms with E-state index in [1.54, 1.807) is 0 Å². The molecule has 3 rings (SSSR count). The average molecular weight is 287 g/mol. The molecule has 1 heterocycles. The van der Waals surface area contributed by atoms with Crippen LogP contribution in [0.1, 0.15) is 34.3 Å². The van der Waals surface area contributed by atoms with Crippen LogP contribution in [0.5, 0.6) is 0 Å². The van der Waals surface area contributed by atoms with Gasteiger partial charge in [0.25, 0.3) is 5.91 Å². The van der Waals surface area contributed by atoms with Crippen molar-refractivity contribution in [3.8, 4) is 0 Å². The van der Waals surface area contributed by atoms with Crippen LogP contribution in [-0.4, -0.2) is 48.4 Å². The molecule has 2 aliphatic rings. The molecule has 4 nitrogen and oxygen atoms in total. The maximum atomic E-state index is 12.7. The summed E-state index contributed by atoms with van der Waals surface area (Å²) in [7, 11) is 0. The van der Waals surface area contributed by atoms with Crippen LogP contribution in [0.4, 0.5) is 5.69 Å². The molecule has 4 heteroatoms. The minimum absolute atomic E-state index is 0.130. The van der Waals surface area contributed by atoms with E-state index in [0.717, 1.165) is 48.8 Å². The number of nitrogen functional groups attached to an aromatic ring is 1. The van der Waals surface area contributed by atoms with Gasteiger partial charge in [-0.05, 0) is 49.8 Å². The molecule has 0 bridgehead atoms. The number of carbonyl (C=O) groups excluding carboxylic acids is 1. The second kappa shape index (κ2) is 5.68. The second-order valence-electron chi connectivity index (χ2n) is 6.56. The van der Waals surface area contributed by atoms with Crippen LogP contribution in [0.3, 0.4) is 0 Å². The van der Waals surface area contributed by atoms with Crippen molar-refractivity contribution >= 4 is 11.6 Å². The van der Waals surface area contributed by atoms with Crippen molar-refractivity contribution in [3.05, 3.63) is 28.8 Å². The number of aryl methyl sites for hydroxylation is 2. The molecule has 1 aromatic rings. The molecule has 21 heavy (non-hydrogen) atoms. The monoisotopic (exact) mass is 287 g/mol. The molecule has 0 aromatic heterocycles. The van der Waals surface area contributed by atoms with Gasteiger partial charge in [-0.25, -0.2) is 0 Å². The second-order valence-corrected chi connectivity index (χ2v) is 6.56. The molecule has 1 saturated carbocycles. The largest absolute Gasteiger partial charge is 0.398 e. The van der Waals surface area contributed by atoms with Crippen molar-refractivity contribution in [2.75, 3.05) is 38.5 Å². The Morgan fingerprint density at radius 3 is 2.43 bits per heavy atom. The molecule has 0 atom stereocenters. The summed E-state index contributed by atoms with van der Waals surface area (Å²) in [5, 5.41) is 0. The van der Waals surface area contributed by atoms with Gasteiger partial charge in [-0.2, -0.15) is 0 Å². The normalized spacial score (nSPS) is 19.8. The minimum atomic E-state index is 0.130. The fourth-order valence-electron chi connectivity index (χ4n) is 3.07. The summed E-state index contributed by atoms with van der Waals surface area (Å²) in [6.45, 7) is 8.86. The van der Waals surface area contributed by atoms with Gasteiger partial charge >= 0.3 is 0 Å².